The van der Waals surface area contributed by atoms with E-state index in [0.717, 1.165) is 0 Å². The molecule has 1 aromatic carbocycles. The number of aromatic nitrogens is 4. The zero-order valence-electron chi connectivity index (χ0n) is 13.3. The average Bonchev–Trinajstić information content (AvgIpc) is 2.59. The lowest BCUT2D eigenvalue weighted by Crippen LogP contribution is -2.37. The molecule has 0 aliphatic carbocycles. The number of nitro groups is 1. The van der Waals surface area contributed by atoms with Crippen molar-refractivity contribution in [3.8, 4) is 0 Å². The topological polar surface area (TPSA) is 187 Å². The van der Waals surface area contributed by atoms with Crippen molar-refractivity contribution in [1.29, 1.82) is 0 Å². The second-order valence-corrected chi connectivity index (χ2v) is 5.80. The van der Waals surface area contributed by atoms with Gasteiger partial charge in [-0.05, 0) is 5.56 Å². The van der Waals surface area contributed by atoms with Crippen molar-refractivity contribution >= 4 is 17.3 Å². The summed E-state index contributed by atoms with van der Waals surface area (Å²) in [4.78, 5) is 67.4. The van der Waals surface area contributed by atoms with Gasteiger partial charge in [-0.2, -0.15) is 0 Å². The van der Waals surface area contributed by atoms with E-state index >= 15 is 0 Å². The molecule has 1 aliphatic rings. The maximum absolute atomic E-state index is 12.4. The van der Waals surface area contributed by atoms with Crippen LogP contribution in [0.25, 0.3) is 0 Å². The number of benzene rings is 1. The third-order valence-corrected chi connectivity index (χ3v) is 4.22. The van der Waals surface area contributed by atoms with Crippen molar-refractivity contribution in [3.63, 3.8) is 0 Å². The number of hydrogen-bond donors (Lipinski definition) is 5. The molecule has 1 aliphatic heterocycles. The van der Waals surface area contributed by atoms with Crippen LogP contribution < -0.4 is 27.8 Å². The van der Waals surface area contributed by atoms with E-state index in [0.29, 0.717) is 5.56 Å². The maximum atomic E-state index is 12.4. The number of nitrogens with zero attached hydrogens (tertiary/aromatic N) is 1. The zero-order chi connectivity index (χ0) is 19.3. The van der Waals surface area contributed by atoms with Crippen molar-refractivity contribution in [2.24, 2.45) is 0 Å². The minimum Gasteiger partial charge on any atom is -0.327 e. The normalized spacial score (nSPS) is 12.7. The van der Waals surface area contributed by atoms with Crippen LogP contribution in [0.2, 0.25) is 0 Å². The van der Waals surface area contributed by atoms with Crippen LogP contribution >= 0.6 is 0 Å². The van der Waals surface area contributed by atoms with Crippen molar-refractivity contribution < 1.29 is 4.92 Å². The first-order valence-electron chi connectivity index (χ1n) is 7.59. The predicted octanol–water partition coefficient (Wildman–Crippen LogP) is -0.415. The molecule has 0 atom stereocenters. The third-order valence-electron chi connectivity index (χ3n) is 4.22. The molecule has 0 bridgehead atoms. The van der Waals surface area contributed by atoms with E-state index in [-0.39, 0.29) is 28.5 Å². The Hall–Kier alpha value is -4.22. The van der Waals surface area contributed by atoms with Gasteiger partial charge < -0.3 is 5.32 Å². The number of nitro benzene ring substituents is 1. The summed E-state index contributed by atoms with van der Waals surface area (Å²) in [5, 5.41) is 13.5. The van der Waals surface area contributed by atoms with Crippen LogP contribution in [0.4, 0.5) is 17.3 Å². The molecular formula is C15H10N6O6. The highest BCUT2D eigenvalue weighted by Gasteiger charge is 2.34. The molecule has 0 saturated heterocycles. The highest BCUT2D eigenvalue weighted by atomic mass is 16.6. The van der Waals surface area contributed by atoms with Crippen molar-refractivity contribution in [2.75, 3.05) is 5.32 Å². The van der Waals surface area contributed by atoms with E-state index in [1.165, 1.54) is 24.3 Å². The van der Waals surface area contributed by atoms with Gasteiger partial charge in [0.15, 0.2) is 0 Å². The van der Waals surface area contributed by atoms with Crippen LogP contribution in [0.3, 0.4) is 0 Å². The van der Waals surface area contributed by atoms with E-state index in [4.69, 9.17) is 0 Å². The van der Waals surface area contributed by atoms with E-state index in [1.54, 1.807) is 0 Å². The number of H-pyrrole nitrogens is 4. The van der Waals surface area contributed by atoms with Gasteiger partial charge >= 0.3 is 11.4 Å². The Morgan fingerprint density at radius 2 is 1.26 bits per heavy atom. The first-order valence-corrected chi connectivity index (χ1v) is 7.59. The summed E-state index contributed by atoms with van der Waals surface area (Å²) < 4.78 is 0. The van der Waals surface area contributed by atoms with Crippen LogP contribution in [0, 0.1) is 10.1 Å². The molecule has 0 amide bonds. The molecule has 0 radical (unpaired) electrons. The largest absolute Gasteiger partial charge is 0.327 e. The standard InChI is InChI=1S/C15H10N6O6/c22-12-8-7(5-1-3-6(4-2-5)21(26)27)9-11(18-15(25)20-13(9)23)16-10(8)17-14(24)19-12/h1-4,7H,(H5,16,17,18,19,20,22,23,24,25). The van der Waals surface area contributed by atoms with Gasteiger partial charge in [0, 0.05) is 12.1 Å². The number of aromatic amines is 4. The van der Waals surface area contributed by atoms with Gasteiger partial charge in [0.05, 0.1) is 22.0 Å². The molecule has 3 aromatic rings. The van der Waals surface area contributed by atoms with Gasteiger partial charge in [-0.1, -0.05) is 12.1 Å². The fraction of sp³-hybridized carbons (Fsp3) is 0.0667. The highest BCUT2D eigenvalue weighted by molar-refractivity contribution is 5.69. The van der Waals surface area contributed by atoms with Crippen LogP contribution in [0.5, 0.6) is 0 Å². The molecule has 0 spiro atoms. The molecule has 4 rings (SSSR count). The first kappa shape index (κ1) is 16.3. The smallest absolute Gasteiger partial charge is 0.327 e. The number of non-ortho nitro benzene ring substituents is 1. The van der Waals surface area contributed by atoms with Gasteiger partial charge in [0.25, 0.3) is 16.8 Å². The Kier molecular flexibility index (Phi) is 3.41. The molecule has 0 saturated carbocycles. The molecule has 27 heavy (non-hydrogen) atoms. The Morgan fingerprint density at radius 1 is 0.778 bits per heavy atom. The van der Waals surface area contributed by atoms with E-state index in [9.17, 15) is 29.3 Å². The highest BCUT2D eigenvalue weighted by Crippen LogP contribution is 2.39. The SMILES string of the molecule is O=c1[nH]c2c(c(=O)[nH]1)C(c1ccc([N+](=O)[O-])cc1)c1c([nH]c(=O)[nH]c1=O)N2. The Labute approximate surface area is 147 Å². The van der Waals surface area contributed by atoms with Crippen molar-refractivity contribution in [2.45, 2.75) is 5.92 Å². The number of anilines is 2. The average molecular weight is 370 g/mol. The maximum Gasteiger partial charge on any atom is 0.327 e. The molecule has 0 unspecified atom stereocenters. The van der Waals surface area contributed by atoms with Crippen LogP contribution in [0.1, 0.15) is 22.6 Å². The van der Waals surface area contributed by atoms with Crippen LogP contribution in [0.15, 0.2) is 43.4 Å². The monoisotopic (exact) mass is 370 g/mol. The molecule has 12 nitrogen and oxygen atoms in total. The summed E-state index contributed by atoms with van der Waals surface area (Å²) in [5.74, 6) is -0.944. The van der Waals surface area contributed by atoms with Gasteiger partial charge in [-0.25, -0.2) is 9.59 Å². The van der Waals surface area contributed by atoms with Crippen molar-refractivity contribution in [3.05, 3.63) is 92.7 Å². The fourth-order valence-electron chi connectivity index (χ4n) is 3.13. The Bertz CT molecular complexity index is 1240. The van der Waals surface area contributed by atoms with Crippen LogP contribution in [-0.2, 0) is 0 Å². The lowest BCUT2D eigenvalue weighted by molar-refractivity contribution is -0.384. The molecule has 0 fully saturated rings. The number of fused-ring (bicyclic) bond motifs is 2. The Morgan fingerprint density at radius 3 is 1.70 bits per heavy atom. The number of rotatable bonds is 2. The molecular weight excluding hydrogens is 360 g/mol. The summed E-state index contributed by atoms with van der Waals surface area (Å²) in [6, 6.07) is 5.26. The van der Waals surface area contributed by atoms with Crippen LogP contribution in [-0.4, -0.2) is 24.9 Å². The summed E-state index contributed by atoms with van der Waals surface area (Å²) >= 11 is 0. The minimum atomic E-state index is -0.974. The second kappa shape index (κ2) is 5.66. The summed E-state index contributed by atoms with van der Waals surface area (Å²) in [6.07, 6.45) is 0. The summed E-state index contributed by atoms with van der Waals surface area (Å²) in [6.45, 7) is 0. The van der Waals surface area contributed by atoms with Gasteiger partial charge in [0.2, 0.25) is 0 Å². The molecule has 136 valence electrons. The van der Waals surface area contributed by atoms with E-state index < -0.39 is 33.3 Å². The number of hydrogen-bond acceptors (Lipinski definition) is 7. The van der Waals surface area contributed by atoms with Gasteiger partial charge in [-0.15, -0.1) is 0 Å². The molecule has 2 aromatic heterocycles. The van der Waals surface area contributed by atoms with Gasteiger partial charge in [0.1, 0.15) is 11.6 Å². The fourth-order valence-corrected chi connectivity index (χ4v) is 3.13. The summed E-state index contributed by atoms with van der Waals surface area (Å²) in [5.41, 5.74) is -2.73. The zero-order valence-corrected chi connectivity index (χ0v) is 13.3. The lowest BCUT2D eigenvalue weighted by atomic mass is 9.84. The molecule has 12 heteroatoms. The van der Waals surface area contributed by atoms with E-state index in [1.807, 2.05) is 0 Å². The van der Waals surface area contributed by atoms with Crippen molar-refractivity contribution in [1.82, 2.24) is 19.9 Å². The minimum absolute atomic E-state index is 0.0147. The second-order valence-electron chi connectivity index (χ2n) is 5.80. The summed E-state index contributed by atoms with van der Waals surface area (Å²) in [7, 11) is 0. The predicted molar refractivity (Wildman–Crippen MR) is 92.7 cm³/mol. The quantitative estimate of drug-likeness (QED) is 0.234. The third kappa shape index (κ3) is 2.55. The van der Waals surface area contributed by atoms with Gasteiger partial charge in [-0.3, -0.25) is 39.6 Å². The number of nitrogens with one attached hydrogen (secondary N) is 5. The molecule has 3 heterocycles. The van der Waals surface area contributed by atoms with E-state index in [2.05, 4.69) is 25.3 Å². The molecule has 5 N–H and O–H groups in total. The first-order chi connectivity index (χ1) is 12.8. The lowest BCUT2D eigenvalue weighted by Gasteiger charge is -2.26. The Balaban J connectivity index is 2.05.